The molecule has 378 valence electrons. The van der Waals surface area contributed by atoms with Gasteiger partial charge in [-0.2, -0.15) is 0 Å². The van der Waals surface area contributed by atoms with E-state index in [4.69, 9.17) is 39.2 Å². The lowest BCUT2D eigenvalue weighted by Gasteiger charge is -2.66. The average molecular weight is 1030 g/mol. The molecule has 3 fully saturated rings. The predicted molar refractivity (Wildman–Crippen MR) is 344 cm³/mol. The number of aryl methyl sites for hydroxylation is 1. The lowest BCUT2D eigenvalue weighted by Crippen LogP contribution is -2.63. The van der Waals surface area contributed by atoms with Crippen molar-refractivity contribution < 1.29 is 0 Å². The van der Waals surface area contributed by atoms with Gasteiger partial charge in [0, 0.05) is 33.3 Å². The topological polar surface area (TPSA) is 3.24 Å². The number of anilines is 3. The van der Waals surface area contributed by atoms with Crippen LogP contribution in [0.2, 0.25) is 0 Å². The number of fused-ring (bicyclic) bond motifs is 10. The van der Waals surface area contributed by atoms with Gasteiger partial charge in [0.15, 0.2) is 0 Å². The van der Waals surface area contributed by atoms with Gasteiger partial charge in [-0.3, -0.25) is 0 Å². The molecule has 0 N–H and O–H groups in total. The molecule has 5 aliphatic carbocycles. The van der Waals surface area contributed by atoms with E-state index in [1.807, 2.05) is 0 Å². The number of benzene rings is 10. The molecule has 2 spiro atoms. The Morgan fingerprint density at radius 2 is 0.802 bits per heavy atom. The summed E-state index contributed by atoms with van der Waals surface area (Å²) in [6, 6.07) is 82.5. The highest BCUT2D eigenvalue weighted by Gasteiger charge is 2.69. The first-order valence-corrected chi connectivity index (χ1v) is 29.2. The minimum Gasteiger partial charge on any atom is -0.312 e. The number of nitrogens with zero attached hydrogens (tertiary/aromatic N) is 1. The Labute approximate surface area is 485 Å². The van der Waals surface area contributed by atoms with Gasteiger partial charge in [0.1, 0.15) is 39.2 Å². The molecule has 10 aromatic rings. The normalized spacial score (nSPS) is 22.8. The summed E-state index contributed by atoms with van der Waals surface area (Å²) in [5, 5.41) is 0. The lowest BCUT2D eigenvalue weighted by atomic mass is 9.37. The summed E-state index contributed by atoms with van der Waals surface area (Å²) >= 11 is 0. The Kier molecular flexibility index (Phi) is 11.9. The Balaban J connectivity index is 0.975. The Morgan fingerprint density at radius 3 is 1.46 bits per heavy atom. The van der Waals surface area contributed by atoms with E-state index in [-0.39, 0.29) is 49.5 Å². The van der Waals surface area contributed by atoms with Crippen LogP contribution < -0.4 is 32.2 Å². The first-order valence-electron chi connectivity index (χ1n) is 29.2. The van der Waals surface area contributed by atoms with Crippen LogP contribution in [0.4, 0.5) is 17.1 Å². The van der Waals surface area contributed by atoms with Crippen LogP contribution in [0.5, 0.6) is 0 Å². The lowest BCUT2D eigenvalue weighted by molar-refractivity contribution is -0.0339. The molecule has 81 heavy (non-hydrogen) atoms. The molecule has 0 saturated heterocycles. The van der Waals surface area contributed by atoms with Crippen LogP contribution in [0.1, 0.15) is 96.6 Å². The van der Waals surface area contributed by atoms with Crippen molar-refractivity contribution in [2.75, 3.05) is 4.90 Å². The second-order valence-corrected chi connectivity index (χ2v) is 24.4. The zero-order valence-corrected chi connectivity index (χ0v) is 46.0. The van der Waals surface area contributed by atoms with Crippen molar-refractivity contribution in [2.45, 2.75) is 86.4 Å². The maximum Gasteiger partial charge on any atom is 0.115 e. The summed E-state index contributed by atoms with van der Waals surface area (Å²) in [6.45, 7) is 2.29. The zero-order valence-electron chi connectivity index (χ0n) is 46.0. The molecule has 15 rings (SSSR count). The second kappa shape index (κ2) is 19.2. The summed E-state index contributed by atoms with van der Waals surface area (Å²) in [5.41, 5.74) is 24.5. The first-order chi connectivity index (χ1) is 39.6. The molecule has 3 saturated carbocycles. The van der Waals surface area contributed by atoms with E-state index in [0.717, 1.165) is 73.9 Å². The summed E-state index contributed by atoms with van der Waals surface area (Å²) in [7, 11) is 34.5. The first kappa shape index (κ1) is 50.3. The van der Waals surface area contributed by atoms with Crippen LogP contribution in [-0.2, 0) is 16.2 Å². The van der Waals surface area contributed by atoms with Gasteiger partial charge in [0.05, 0.1) is 0 Å². The molecule has 6 atom stereocenters. The van der Waals surface area contributed by atoms with Gasteiger partial charge in [-0.25, -0.2) is 0 Å². The average Bonchev–Trinajstić information content (AvgIpc) is 4.07. The highest BCUT2D eigenvalue weighted by molar-refractivity contribution is 6.69. The largest absolute Gasteiger partial charge is 0.312 e. The van der Waals surface area contributed by atoms with Gasteiger partial charge in [0.2, 0.25) is 0 Å². The molecule has 0 aliphatic heterocycles. The van der Waals surface area contributed by atoms with Crippen LogP contribution in [0, 0.1) is 12.8 Å². The highest BCUT2D eigenvalue weighted by atomic mass is 15.1. The summed E-state index contributed by atoms with van der Waals surface area (Å²) in [5.74, 6) is 0.970. The molecule has 0 heterocycles. The van der Waals surface area contributed by atoms with Crippen LogP contribution in [0.15, 0.2) is 218 Å². The van der Waals surface area contributed by atoms with Crippen molar-refractivity contribution in [2.24, 2.45) is 5.92 Å². The van der Waals surface area contributed by atoms with E-state index in [1.54, 1.807) is 5.56 Å². The number of hydrogen-bond acceptors (Lipinski definition) is 1. The summed E-state index contributed by atoms with van der Waals surface area (Å²) in [6.07, 6.45) is 8.92. The van der Waals surface area contributed by atoms with E-state index in [9.17, 15) is 0 Å². The molecular formula is C75H58B5N. The van der Waals surface area contributed by atoms with Gasteiger partial charge in [-0.1, -0.05) is 211 Å². The van der Waals surface area contributed by atoms with Crippen molar-refractivity contribution in [1.82, 2.24) is 0 Å². The van der Waals surface area contributed by atoms with Gasteiger partial charge < -0.3 is 4.90 Å². The van der Waals surface area contributed by atoms with E-state index >= 15 is 0 Å². The fraction of sp³-hybridized carbons (Fsp3) is 0.200. The zero-order chi connectivity index (χ0) is 54.8. The molecule has 1 nitrogen and oxygen atoms in total. The SMILES string of the molecule is [B]c1c([B])c([B])c(N(c2ccc(-c3ccc(-c4ccccc4)cc3)cc2)c2ccc3c(c2)-c2ccccc2C2CC34CCCC3(c5ccccc5-c5ccccc5C)CCC5CC(C2)(c2ccccc2-c2ccccc25)C34)c([B])c1[B]. The van der Waals surface area contributed by atoms with Crippen LogP contribution in [0.25, 0.3) is 55.6 Å². The standard InChI is InChI=1S/C75H58B5N/c1-46-16-5-6-19-55(46)60-24-11-13-26-63(60)73-39-15-40-74-44-52(45-75(72(73)74)43-51(38-41-73)56-20-7-9-22-58(56)61-25-12-14-27-64(61)75)57-21-8-10-23-59(57)62-42-54(36-37-65(62)74)81(71-69(79)67(77)66(76)68(78)70(71)80)53-34-32-50(33-35-53)49-30-28-48(29-31-49)47-17-3-2-4-18-47/h2-14,16-37,42,51-52,72H,15,38-41,43-45H2,1H3. The second-order valence-electron chi connectivity index (χ2n) is 24.4. The molecule has 0 amide bonds. The smallest absolute Gasteiger partial charge is 0.115 e. The van der Waals surface area contributed by atoms with Crippen molar-refractivity contribution in [3.63, 3.8) is 0 Å². The third kappa shape index (κ3) is 7.57. The maximum absolute atomic E-state index is 7.16. The van der Waals surface area contributed by atoms with E-state index < -0.39 is 0 Å². The Bertz CT molecular complexity index is 4100. The van der Waals surface area contributed by atoms with Gasteiger partial charge in [0.25, 0.3) is 0 Å². The van der Waals surface area contributed by atoms with E-state index in [1.165, 1.54) is 72.3 Å². The predicted octanol–water partition coefficient (Wildman–Crippen LogP) is 13.9. The van der Waals surface area contributed by atoms with Crippen molar-refractivity contribution in [3.05, 3.63) is 252 Å². The van der Waals surface area contributed by atoms with Gasteiger partial charge >= 0.3 is 0 Å². The quantitative estimate of drug-likeness (QED) is 0.144. The fourth-order valence-corrected chi connectivity index (χ4v) is 17.5. The van der Waals surface area contributed by atoms with Gasteiger partial charge in [-0.15, -0.1) is 16.4 Å². The molecule has 0 aromatic heterocycles. The fourth-order valence-electron chi connectivity index (χ4n) is 17.5. The summed E-state index contributed by atoms with van der Waals surface area (Å²) in [4.78, 5) is 2.16. The number of hydrogen-bond donors (Lipinski definition) is 0. The van der Waals surface area contributed by atoms with Crippen LogP contribution >= 0.6 is 0 Å². The van der Waals surface area contributed by atoms with Crippen LogP contribution in [0.3, 0.4) is 0 Å². The third-order valence-electron chi connectivity index (χ3n) is 20.6. The Hall–Kier alpha value is -7.68. The van der Waals surface area contributed by atoms with Crippen molar-refractivity contribution >= 4 is 83.6 Å². The van der Waals surface area contributed by atoms with Crippen molar-refractivity contribution in [1.29, 1.82) is 0 Å². The third-order valence-corrected chi connectivity index (χ3v) is 20.6. The molecule has 4 bridgehead atoms. The molecule has 10 aromatic carbocycles. The van der Waals surface area contributed by atoms with Gasteiger partial charge in [-0.05, 0) is 183 Å². The minimum atomic E-state index is -0.220. The number of rotatable bonds is 7. The minimum absolute atomic E-state index is 0.153. The molecule has 10 radical (unpaired) electrons. The van der Waals surface area contributed by atoms with E-state index in [0.29, 0.717) is 17.5 Å². The molecule has 5 aliphatic rings. The maximum atomic E-state index is 7.16. The Morgan fingerprint density at radius 1 is 0.358 bits per heavy atom. The van der Waals surface area contributed by atoms with Crippen LogP contribution in [-0.4, -0.2) is 39.2 Å². The van der Waals surface area contributed by atoms with E-state index in [2.05, 4.69) is 230 Å². The summed E-state index contributed by atoms with van der Waals surface area (Å²) < 4.78 is 0. The molecular weight excluding hydrogens is 969 g/mol. The molecule has 6 unspecified atom stereocenters. The molecule has 6 heteroatoms. The monoisotopic (exact) mass is 1030 g/mol. The highest BCUT2D eigenvalue weighted by Crippen LogP contribution is 2.75. The van der Waals surface area contributed by atoms with Crippen molar-refractivity contribution in [3.8, 4) is 55.6 Å².